The lowest BCUT2D eigenvalue weighted by Gasteiger charge is -2.08. The van der Waals surface area contributed by atoms with Crippen LogP contribution in [0, 0.1) is 26.7 Å². The SMILES string of the molecule is Cc1ccc(NC(=O)Cc2nc(COC(=O)Cc3c(C)nn(CC(C)C)c3C)cs2)cc1. The average molecular weight is 455 g/mol. The van der Waals surface area contributed by atoms with Gasteiger partial charge in [0.2, 0.25) is 5.91 Å². The summed E-state index contributed by atoms with van der Waals surface area (Å²) in [4.78, 5) is 29.0. The molecule has 1 amide bonds. The molecule has 0 atom stereocenters. The number of hydrogen-bond acceptors (Lipinski definition) is 6. The monoisotopic (exact) mass is 454 g/mol. The van der Waals surface area contributed by atoms with Crippen LogP contribution in [0.15, 0.2) is 29.6 Å². The van der Waals surface area contributed by atoms with Crippen molar-refractivity contribution in [2.75, 3.05) is 5.32 Å². The standard InChI is InChI=1S/C24H30N4O3S/c1-15(2)12-28-18(5)21(17(4)27-28)10-24(30)31-13-20-14-32-23(26-20)11-22(29)25-19-8-6-16(3)7-9-19/h6-9,14-15H,10-13H2,1-5H3,(H,25,29). The Hall–Kier alpha value is -3.00. The van der Waals surface area contributed by atoms with Crippen LogP contribution in [0.5, 0.6) is 0 Å². The Morgan fingerprint density at radius 2 is 1.84 bits per heavy atom. The highest BCUT2D eigenvalue weighted by atomic mass is 32.1. The summed E-state index contributed by atoms with van der Waals surface area (Å²) in [5.74, 6) is 0.0358. The van der Waals surface area contributed by atoms with E-state index >= 15 is 0 Å². The summed E-state index contributed by atoms with van der Waals surface area (Å²) < 4.78 is 7.38. The summed E-state index contributed by atoms with van der Waals surface area (Å²) >= 11 is 1.38. The van der Waals surface area contributed by atoms with E-state index in [0.717, 1.165) is 34.7 Å². The quantitative estimate of drug-likeness (QED) is 0.485. The van der Waals surface area contributed by atoms with Crippen molar-refractivity contribution in [1.29, 1.82) is 0 Å². The molecule has 0 unspecified atom stereocenters. The summed E-state index contributed by atoms with van der Waals surface area (Å²) in [5.41, 5.74) is 5.32. The molecule has 0 aliphatic heterocycles. The molecule has 3 rings (SSSR count). The van der Waals surface area contributed by atoms with Crippen LogP contribution in [-0.4, -0.2) is 26.6 Å². The van der Waals surface area contributed by atoms with Crippen molar-refractivity contribution in [3.05, 3.63) is 62.9 Å². The minimum absolute atomic E-state index is 0.0904. The van der Waals surface area contributed by atoms with E-state index in [9.17, 15) is 9.59 Å². The maximum atomic E-state index is 12.4. The van der Waals surface area contributed by atoms with Crippen molar-refractivity contribution < 1.29 is 14.3 Å². The molecule has 0 spiro atoms. The van der Waals surface area contributed by atoms with Gasteiger partial charge in [0.15, 0.2) is 0 Å². The fourth-order valence-corrected chi connectivity index (χ4v) is 4.12. The molecule has 0 bridgehead atoms. The van der Waals surface area contributed by atoms with Gasteiger partial charge >= 0.3 is 5.97 Å². The number of thiazole rings is 1. The predicted molar refractivity (Wildman–Crippen MR) is 126 cm³/mol. The highest BCUT2D eigenvalue weighted by molar-refractivity contribution is 7.09. The lowest BCUT2D eigenvalue weighted by atomic mass is 10.1. The van der Waals surface area contributed by atoms with Crippen LogP contribution in [0.25, 0.3) is 0 Å². The van der Waals surface area contributed by atoms with Crippen molar-refractivity contribution in [2.24, 2.45) is 5.92 Å². The number of carbonyl (C=O) groups excluding carboxylic acids is 2. The second-order valence-electron chi connectivity index (χ2n) is 8.39. The Morgan fingerprint density at radius 3 is 2.53 bits per heavy atom. The van der Waals surface area contributed by atoms with Gasteiger partial charge in [-0.1, -0.05) is 31.5 Å². The average Bonchev–Trinajstić information content (AvgIpc) is 3.27. The molecule has 8 heteroatoms. The van der Waals surface area contributed by atoms with Crippen molar-refractivity contribution >= 4 is 28.9 Å². The smallest absolute Gasteiger partial charge is 0.310 e. The van der Waals surface area contributed by atoms with E-state index in [1.165, 1.54) is 11.3 Å². The second kappa shape index (κ2) is 10.5. The number of benzene rings is 1. The van der Waals surface area contributed by atoms with Crippen LogP contribution in [0.2, 0.25) is 0 Å². The van der Waals surface area contributed by atoms with Gasteiger partial charge in [0.05, 0.1) is 24.2 Å². The summed E-state index contributed by atoms with van der Waals surface area (Å²) in [5, 5.41) is 9.91. The molecule has 0 aliphatic rings. The van der Waals surface area contributed by atoms with E-state index in [1.54, 1.807) is 0 Å². The van der Waals surface area contributed by atoms with Crippen LogP contribution in [0.1, 0.15) is 47.1 Å². The third-order valence-electron chi connectivity index (χ3n) is 5.02. The molecule has 3 aromatic rings. The van der Waals surface area contributed by atoms with E-state index in [-0.39, 0.29) is 31.3 Å². The van der Waals surface area contributed by atoms with Gasteiger partial charge in [-0.2, -0.15) is 5.10 Å². The molecular formula is C24H30N4O3S. The second-order valence-corrected chi connectivity index (χ2v) is 9.33. The van der Waals surface area contributed by atoms with Gasteiger partial charge in [-0.15, -0.1) is 11.3 Å². The number of nitrogens with zero attached hydrogens (tertiary/aromatic N) is 3. The van der Waals surface area contributed by atoms with Gasteiger partial charge in [0, 0.05) is 28.9 Å². The maximum absolute atomic E-state index is 12.4. The number of aryl methyl sites for hydroxylation is 2. The molecule has 0 aliphatic carbocycles. The molecule has 0 saturated heterocycles. The first-order valence-corrected chi connectivity index (χ1v) is 11.6. The molecule has 0 radical (unpaired) electrons. The maximum Gasteiger partial charge on any atom is 0.310 e. The lowest BCUT2D eigenvalue weighted by molar-refractivity contribution is -0.144. The minimum Gasteiger partial charge on any atom is -0.459 e. The lowest BCUT2D eigenvalue weighted by Crippen LogP contribution is -2.14. The van der Waals surface area contributed by atoms with E-state index in [0.29, 0.717) is 16.6 Å². The van der Waals surface area contributed by atoms with Crippen molar-refractivity contribution in [1.82, 2.24) is 14.8 Å². The first-order chi connectivity index (χ1) is 15.2. The van der Waals surface area contributed by atoms with Crippen LogP contribution >= 0.6 is 11.3 Å². The minimum atomic E-state index is -0.313. The Balaban J connectivity index is 1.49. The fraction of sp³-hybridized carbons (Fsp3) is 0.417. The van der Waals surface area contributed by atoms with Crippen LogP contribution < -0.4 is 5.32 Å². The highest BCUT2D eigenvalue weighted by Gasteiger charge is 2.17. The predicted octanol–water partition coefficient (Wildman–Crippen LogP) is 4.39. The van der Waals surface area contributed by atoms with Crippen molar-refractivity contribution in [3.8, 4) is 0 Å². The Morgan fingerprint density at radius 1 is 1.12 bits per heavy atom. The number of ether oxygens (including phenoxy) is 1. The summed E-state index contributed by atoms with van der Waals surface area (Å²) in [6, 6.07) is 7.64. The first kappa shape index (κ1) is 23.7. The van der Waals surface area contributed by atoms with Gasteiger partial charge < -0.3 is 10.1 Å². The topological polar surface area (TPSA) is 86.1 Å². The van der Waals surface area contributed by atoms with Crippen LogP contribution in [0.4, 0.5) is 5.69 Å². The van der Waals surface area contributed by atoms with E-state index in [1.807, 2.05) is 55.1 Å². The number of anilines is 1. The summed E-state index contributed by atoms with van der Waals surface area (Å²) in [6.45, 7) is 11.1. The number of amides is 1. The molecule has 2 heterocycles. The molecular weight excluding hydrogens is 424 g/mol. The zero-order chi connectivity index (χ0) is 23.3. The summed E-state index contributed by atoms with van der Waals surface area (Å²) in [7, 11) is 0. The summed E-state index contributed by atoms with van der Waals surface area (Å²) in [6.07, 6.45) is 0.367. The molecule has 1 N–H and O–H groups in total. The Labute approximate surface area is 192 Å². The Bertz CT molecular complexity index is 1080. The molecule has 170 valence electrons. The van der Waals surface area contributed by atoms with Crippen LogP contribution in [0.3, 0.4) is 0 Å². The van der Waals surface area contributed by atoms with E-state index < -0.39 is 0 Å². The first-order valence-electron chi connectivity index (χ1n) is 10.7. The van der Waals surface area contributed by atoms with Gasteiger partial charge in [-0.05, 0) is 38.8 Å². The van der Waals surface area contributed by atoms with E-state index in [4.69, 9.17) is 4.74 Å². The zero-order valence-electron chi connectivity index (χ0n) is 19.3. The normalized spacial score (nSPS) is 11.1. The number of hydrogen-bond donors (Lipinski definition) is 1. The zero-order valence-corrected chi connectivity index (χ0v) is 20.1. The fourth-order valence-electron chi connectivity index (χ4n) is 3.34. The molecule has 0 saturated carbocycles. The number of carbonyl (C=O) groups is 2. The number of nitrogens with one attached hydrogen (secondary N) is 1. The molecule has 7 nitrogen and oxygen atoms in total. The van der Waals surface area contributed by atoms with Gasteiger partial charge in [-0.25, -0.2) is 4.98 Å². The van der Waals surface area contributed by atoms with Crippen LogP contribution in [-0.2, 0) is 40.3 Å². The van der Waals surface area contributed by atoms with Gasteiger partial charge in [0.25, 0.3) is 0 Å². The van der Waals surface area contributed by atoms with Crippen molar-refractivity contribution in [3.63, 3.8) is 0 Å². The Kier molecular flexibility index (Phi) is 7.80. The number of aromatic nitrogens is 3. The van der Waals surface area contributed by atoms with Gasteiger partial charge in [-0.3, -0.25) is 14.3 Å². The molecule has 1 aromatic carbocycles. The molecule has 2 aromatic heterocycles. The van der Waals surface area contributed by atoms with Gasteiger partial charge in [0.1, 0.15) is 11.6 Å². The largest absolute Gasteiger partial charge is 0.459 e. The number of esters is 1. The number of rotatable bonds is 9. The third kappa shape index (κ3) is 6.50. The van der Waals surface area contributed by atoms with Crippen molar-refractivity contribution in [2.45, 2.75) is 60.6 Å². The molecule has 0 fully saturated rings. The third-order valence-corrected chi connectivity index (χ3v) is 5.92. The van der Waals surface area contributed by atoms with E-state index in [2.05, 4.69) is 29.2 Å². The molecule has 32 heavy (non-hydrogen) atoms. The highest BCUT2D eigenvalue weighted by Crippen LogP contribution is 2.17.